The van der Waals surface area contributed by atoms with E-state index in [1.54, 1.807) is 0 Å². The van der Waals surface area contributed by atoms with Crippen LogP contribution in [-0.2, 0) is 4.79 Å². The maximum absolute atomic E-state index is 11.2. The summed E-state index contributed by atoms with van der Waals surface area (Å²) in [6, 6.07) is 0. The molecule has 1 aliphatic carbocycles. The van der Waals surface area contributed by atoms with Crippen molar-refractivity contribution in [1.29, 1.82) is 0 Å². The van der Waals surface area contributed by atoms with E-state index in [0.29, 0.717) is 11.7 Å². The maximum atomic E-state index is 11.2. The van der Waals surface area contributed by atoms with Gasteiger partial charge < -0.3 is 0 Å². The van der Waals surface area contributed by atoms with Crippen molar-refractivity contribution in [3.63, 3.8) is 0 Å². The number of ketones is 1. The molecule has 2 nitrogen and oxygen atoms in total. The van der Waals surface area contributed by atoms with Crippen LogP contribution in [0.2, 0.25) is 0 Å². The van der Waals surface area contributed by atoms with Crippen LogP contribution < -0.4 is 0 Å². The van der Waals surface area contributed by atoms with Crippen molar-refractivity contribution in [3.05, 3.63) is 0 Å². The molecule has 0 aromatic carbocycles. The molecule has 3 heteroatoms. The molecular formula is C7H13GeNO. The zero-order valence-corrected chi connectivity index (χ0v) is 10.5. The van der Waals surface area contributed by atoms with Gasteiger partial charge in [0.2, 0.25) is 0 Å². The fourth-order valence-electron chi connectivity index (χ4n) is 2.26. The normalized spacial score (nSPS) is 41.0. The summed E-state index contributed by atoms with van der Waals surface area (Å²) in [5.74, 6) is 1.75. The zero-order valence-electron chi connectivity index (χ0n) is 6.34. The fraction of sp³-hybridized carbons (Fsp3) is 0.857. The van der Waals surface area contributed by atoms with Gasteiger partial charge in [-0.2, -0.15) is 0 Å². The van der Waals surface area contributed by atoms with Crippen molar-refractivity contribution >= 4 is 22.5 Å². The topological polar surface area (TPSA) is 20.3 Å². The standard InChI is InChI=1S/C7H13GeNO/c8-9-3-5-1-2-7(10)6(5)4-9/h5-6H,1-4H2,8H3. The molecule has 2 unspecified atom stereocenters. The van der Waals surface area contributed by atoms with Crippen LogP contribution >= 0.6 is 0 Å². The number of hydrogen-bond acceptors (Lipinski definition) is 2. The molecule has 0 amide bonds. The predicted molar refractivity (Wildman–Crippen MR) is 42.7 cm³/mol. The molecule has 2 aliphatic rings. The van der Waals surface area contributed by atoms with Gasteiger partial charge in [-0.15, -0.1) is 0 Å². The Labute approximate surface area is 69.4 Å². The number of nitrogens with zero attached hydrogens (tertiary/aromatic N) is 1. The Morgan fingerprint density at radius 3 is 3.00 bits per heavy atom. The first-order chi connectivity index (χ1) is 4.77. The summed E-state index contributed by atoms with van der Waals surface area (Å²) >= 11 is 0.803. The quantitative estimate of drug-likeness (QED) is 0.476. The first-order valence-electron chi connectivity index (χ1n) is 3.98. The molecule has 1 saturated heterocycles. The van der Waals surface area contributed by atoms with Gasteiger partial charge in [0.15, 0.2) is 0 Å². The van der Waals surface area contributed by atoms with Gasteiger partial charge in [-0.05, 0) is 0 Å². The van der Waals surface area contributed by atoms with E-state index in [1.807, 2.05) is 0 Å². The van der Waals surface area contributed by atoms with Crippen molar-refractivity contribution in [3.8, 4) is 0 Å². The Balaban J connectivity index is 2.12. The molecule has 0 aromatic rings. The van der Waals surface area contributed by atoms with Gasteiger partial charge in [0, 0.05) is 0 Å². The molecule has 0 bridgehead atoms. The summed E-state index contributed by atoms with van der Waals surface area (Å²) < 4.78 is 2.46. The second-order valence-electron chi connectivity index (χ2n) is 3.59. The van der Waals surface area contributed by atoms with Gasteiger partial charge in [-0.3, -0.25) is 0 Å². The summed E-state index contributed by atoms with van der Waals surface area (Å²) in [4.78, 5) is 11.2. The minimum absolute atomic E-state index is 0.454. The van der Waals surface area contributed by atoms with E-state index in [9.17, 15) is 4.79 Å². The summed E-state index contributed by atoms with van der Waals surface area (Å²) in [6.07, 6.45) is 2.05. The Bertz CT molecular complexity index is 171. The Morgan fingerprint density at radius 2 is 2.30 bits per heavy atom. The van der Waals surface area contributed by atoms with E-state index in [4.69, 9.17) is 0 Å². The first-order valence-corrected chi connectivity index (χ1v) is 5.86. The molecule has 1 aliphatic heterocycles. The van der Waals surface area contributed by atoms with Crippen LogP contribution in [0.25, 0.3) is 0 Å². The molecule has 1 heterocycles. The zero-order chi connectivity index (χ0) is 7.14. The number of rotatable bonds is 0. The van der Waals surface area contributed by atoms with E-state index in [0.717, 1.165) is 35.6 Å². The molecule has 1 saturated carbocycles. The average molecular weight is 200 g/mol. The van der Waals surface area contributed by atoms with E-state index in [2.05, 4.69) is 3.86 Å². The van der Waals surface area contributed by atoms with Crippen LogP contribution in [0, 0.1) is 11.8 Å². The van der Waals surface area contributed by atoms with Crippen molar-refractivity contribution in [2.75, 3.05) is 13.1 Å². The van der Waals surface area contributed by atoms with Crippen molar-refractivity contribution in [1.82, 2.24) is 3.86 Å². The number of fused-ring (bicyclic) bond motifs is 1. The van der Waals surface area contributed by atoms with Gasteiger partial charge in [-0.1, -0.05) is 0 Å². The second kappa shape index (κ2) is 2.34. The van der Waals surface area contributed by atoms with Gasteiger partial charge >= 0.3 is 68.9 Å². The summed E-state index contributed by atoms with van der Waals surface area (Å²) in [6.45, 7) is 2.33. The van der Waals surface area contributed by atoms with Crippen molar-refractivity contribution < 1.29 is 4.79 Å². The van der Waals surface area contributed by atoms with Gasteiger partial charge in [0.05, 0.1) is 0 Å². The van der Waals surface area contributed by atoms with E-state index in [-0.39, 0.29) is 0 Å². The van der Waals surface area contributed by atoms with E-state index in [1.165, 1.54) is 13.0 Å². The number of Topliss-reactive ketones (excluding diaryl/α,β-unsaturated/α-hetero) is 1. The Morgan fingerprint density at radius 1 is 1.50 bits per heavy atom. The molecule has 2 atom stereocenters. The molecule has 0 radical (unpaired) electrons. The van der Waals surface area contributed by atoms with Crippen LogP contribution in [0.1, 0.15) is 12.8 Å². The molecule has 0 spiro atoms. The van der Waals surface area contributed by atoms with Crippen LogP contribution in [0.5, 0.6) is 0 Å². The third-order valence-corrected chi connectivity index (χ3v) is 4.33. The van der Waals surface area contributed by atoms with Gasteiger partial charge in [0.25, 0.3) is 0 Å². The average Bonchev–Trinajstić information content (AvgIpc) is 2.35. The molecule has 0 aromatic heterocycles. The Hall–Kier alpha value is 0.173. The SMILES string of the molecule is O=C1CCC2C[N]([GeH3])CC12. The molecular weight excluding hydrogens is 187 g/mol. The van der Waals surface area contributed by atoms with Gasteiger partial charge in [-0.25, -0.2) is 0 Å². The third-order valence-electron chi connectivity index (χ3n) is 2.80. The monoisotopic (exact) mass is 201 g/mol. The molecule has 10 heavy (non-hydrogen) atoms. The van der Waals surface area contributed by atoms with Crippen molar-refractivity contribution in [2.45, 2.75) is 12.8 Å². The van der Waals surface area contributed by atoms with E-state index < -0.39 is 0 Å². The Kier molecular flexibility index (Phi) is 1.61. The number of carbonyl (C=O) groups is 1. The number of hydrogen-bond donors (Lipinski definition) is 0. The van der Waals surface area contributed by atoms with Crippen LogP contribution in [-0.4, -0.2) is 39.5 Å². The minimum atomic E-state index is 0.454. The first kappa shape index (κ1) is 6.86. The molecule has 0 N–H and O–H groups in total. The fourth-order valence-corrected chi connectivity index (χ4v) is 4.07. The second-order valence-corrected chi connectivity index (χ2v) is 6.25. The van der Waals surface area contributed by atoms with Crippen LogP contribution in [0.4, 0.5) is 0 Å². The molecule has 2 rings (SSSR count). The van der Waals surface area contributed by atoms with Gasteiger partial charge in [0.1, 0.15) is 0 Å². The summed E-state index contributed by atoms with van der Waals surface area (Å²) in [5, 5.41) is 0. The summed E-state index contributed by atoms with van der Waals surface area (Å²) in [7, 11) is 0. The van der Waals surface area contributed by atoms with Crippen molar-refractivity contribution in [2.24, 2.45) is 11.8 Å². The van der Waals surface area contributed by atoms with Crippen LogP contribution in [0.3, 0.4) is 0 Å². The number of carbonyl (C=O) groups excluding carboxylic acids is 1. The summed E-state index contributed by atoms with van der Waals surface area (Å²) in [5.41, 5.74) is 0. The molecule has 2 fully saturated rings. The molecule has 56 valence electrons. The predicted octanol–water partition coefficient (Wildman–Crippen LogP) is -0.822. The van der Waals surface area contributed by atoms with Crippen LogP contribution in [0.15, 0.2) is 0 Å². The van der Waals surface area contributed by atoms with E-state index >= 15 is 0 Å². The third kappa shape index (κ3) is 0.938.